The number of alkyl halides is 6. The molecule has 0 saturated heterocycles. The Balaban J connectivity index is 3.47. The molecule has 17 heavy (non-hydrogen) atoms. The van der Waals surface area contributed by atoms with E-state index in [2.05, 4.69) is 12.6 Å². The molecule has 1 rings (SSSR count). The van der Waals surface area contributed by atoms with Gasteiger partial charge in [0.2, 0.25) is 0 Å². The maximum Gasteiger partial charge on any atom is 0.417 e. The Hall–Kier alpha value is -0.850. The number of hydrogen-bond donors (Lipinski definition) is 1. The van der Waals surface area contributed by atoms with Crippen LogP contribution in [0, 0.1) is 0 Å². The molecule has 0 N–H and O–H groups in total. The normalized spacial score (nSPS) is 12.9. The molecule has 0 bridgehead atoms. The second-order valence-corrected chi connectivity index (χ2v) is 3.86. The SMILES string of the molecule is CCc1cc(C(F)(F)F)cc(S)c1C(F)(F)F. The topological polar surface area (TPSA) is 0 Å². The molecule has 0 aliphatic heterocycles. The van der Waals surface area contributed by atoms with Gasteiger partial charge in [0.1, 0.15) is 0 Å². The average molecular weight is 274 g/mol. The minimum Gasteiger partial charge on any atom is -0.166 e. The van der Waals surface area contributed by atoms with E-state index in [0.717, 1.165) is 0 Å². The summed E-state index contributed by atoms with van der Waals surface area (Å²) in [5.74, 6) is 0. The Morgan fingerprint density at radius 1 is 1.00 bits per heavy atom. The first-order valence-corrected chi connectivity index (χ1v) is 5.02. The van der Waals surface area contributed by atoms with Crippen molar-refractivity contribution in [3.63, 3.8) is 0 Å². The van der Waals surface area contributed by atoms with Crippen LogP contribution in [0.2, 0.25) is 0 Å². The highest BCUT2D eigenvalue weighted by Gasteiger charge is 2.38. The predicted octanol–water partition coefficient (Wildman–Crippen LogP) is 4.58. The monoisotopic (exact) mass is 274 g/mol. The first-order chi connectivity index (χ1) is 7.57. The summed E-state index contributed by atoms with van der Waals surface area (Å²) >= 11 is 3.50. The third kappa shape index (κ3) is 3.08. The van der Waals surface area contributed by atoms with Crippen LogP contribution in [0.4, 0.5) is 26.3 Å². The van der Waals surface area contributed by atoms with E-state index in [4.69, 9.17) is 0 Å². The molecule has 0 aliphatic rings. The van der Waals surface area contributed by atoms with Crippen molar-refractivity contribution in [2.24, 2.45) is 0 Å². The molecule has 96 valence electrons. The number of thiol groups is 1. The molecule has 0 atom stereocenters. The Labute approximate surface area is 99.0 Å². The zero-order chi connectivity index (χ0) is 13.4. The van der Waals surface area contributed by atoms with Crippen molar-refractivity contribution in [3.05, 3.63) is 28.8 Å². The minimum absolute atomic E-state index is 0.147. The highest BCUT2D eigenvalue weighted by molar-refractivity contribution is 7.80. The molecule has 0 radical (unpaired) electrons. The lowest BCUT2D eigenvalue weighted by Crippen LogP contribution is -2.13. The molecule has 0 aliphatic carbocycles. The molecule has 0 nitrogen and oxygen atoms in total. The first kappa shape index (κ1) is 14.2. The van der Waals surface area contributed by atoms with Crippen LogP contribution in [0.25, 0.3) is 0 Å². The van der Waals surface area contributed by atoms with Gasteiger partial charge < -0.3 is 0 Å². The van der Waals surface area contributed by atoms with E-state index in [0.29, 0.717) is 12.1 Å². The van der Waals surface area contributed by atoms with Crippen molar-refractivity contribution in [2.75, 3.05) is 0 Å². The van der Waals surface area contributed by atoms with Crippen LogP contribution < -0.4 is 0 Å². The van der Waals surface area contributed by atoms with Gasteiger partial charge in [0, 0.05) is 4.90 Å². The minimum atomic E-state index is -4.70. The predicted molar refractivity (Wildman–Crippen MR) is 53.1 cm³/mol. The summed E-state index contributed by atoms with van der Waals surface area (Å²) in [5.41, 5.74) is -2.62. The molecule has 7 heteroatoms. The summed E-state index contributed by atoms with van der Waals surface area (Å²) < 4.78 is 75.0. The Morgan fingerprint density at radius 3 is 1.88 bits per heavy atom. The van der Waals surface area contributed by atoms with E-state index in [-0.39, 0.29) is 6.42 Å². The quantitative estimate of drug-likeness (QED) is 0.562. The summed E-state index contributed by atoms with van der Waals surface area (Å²) in [7, 11) is 0. The van der Waals surface area contributed by atoms with Gasteiger partial charge in [-0.25, -0.2) is 0 Å². The molecule has 0 spiro atoms. The molecular weight excluding hydrogens is 266 g/mol. The summed E-state index contributed by atoms with van der Waals surface area (Å²) in [6.45, 7) is 1.36. The van der Waals surface area contributed by atoms with E-state index < -0.39 is 33.9 Å². The highest BCUT2D eigenvalue weighted by atomic mass is 32.1. The van der Waals surface area contributed by atoms with Crippen molar-refractivity contribution >= 4 is 12.6 Å². The summed E-state index contributed by atoms with van der Waals surface area (Å²) in [5, 5.41) is 0. The zero-order valence-electron chi connectivity index (χ0n) is 8.58. The van der Waals surface area contributed by atoms with Crippen LogP contribution >= 0.6 is 12.6 Å². The lowest BCUT2D eigenvalue weighted by molar-refractivity contribution is -0.143. The fourth-order valence-corrected chi connectivity index (χ4v) is 1.86. The second-order valence-electron chi connectivity index (χ2n) is 3.38. The summed E-state index contributed by atoms with van der Waals surface area (Å²) in [4.78, 5) is -0.704. The van der Waals surface area contributed by atoms with Gasteiger partial charge in [-0.3, -0.25) is 0 Å². The smallest absolute Gasteiger partial charge is 0.166 e. The van der Waals surface area contributed by atoms with Gasteiger partial charge in [-0.15, -0.1) is 12.6 Å². The standard InChI is InChI=1S/C10H8F6S/c1-2-5-3-6(9(11,12)13)4-7(17)8(5)10(14,15)16/h3-4,17H,2H2,1H3. The van der Waals surface area contributed by atoms with Crippen LogP contribution in [-0.2, 0) is 18.8 Å². The molecule has 0 unspecified atom stereocenters. The van der Waals surface area contributed by atoms with E-state index in [1.807, 2.05) is 0 Å². The van der Waals surface area contributed by atoms with E-state index >= 15 is 0 Å². The first-order valence-electron chi connectivity index (χ1n) is 4.57. The maximum absolute atomic E-state index is 12.6. The fourth-order valence-electron chi connectivity index (χ4n) is 1.46. The molecule has 0 amide bonds. The fraction of sp³-hybridized carbons (Fsp3) is 0.400. The van der Waals surface area contributed by atoms with Crippen molar-refractivity contribution < 1.29 is 26.3 Å². The van der Waals surface area contributed by atoms with Gasteiger partial charge in [0.15, 0.2) is 0 Å². The number of benzene rings is 1. The van der Waals surface area contributed by atoms with Crippen LogP contribution in [0.3, 0.4) is 0 Å². The van der Waals surface area contributed by atoms with Crippen LogP contribution in [0.15, 0.2) is 17.0 Å². The third-order valence-electron chi connectivity index (χ3n) is 2.19. The van der Waals surface area contributed by atoms with Crippen molar-refractivity contribution in [3.8, 4) is 0 Å². The van der Waals surface area contributed by atoms with E-state index in [9.17, 15) is 26.3 Å². The lowest BCUT2D eigenvalue weighted by Gasteiger charge is -2.17. The maximum atomic E-state index is 12.6. The van der Waals surface area contributed by atoms with Gasteiger partial charge >= 0.3 is 12.4 Å². The Morgan fingerprint density at radius 2 is 1.53 bits per heavy atom. The van der Waals surface area contributed by atoms with Gasteiger partial charge in [-0.1, -0.05) is 6.92 Å². The van der Waals surface area contributed by atoms with Crippen molar-refractivity contribution in [1.29, 1.82) is 0 Å². The summed E-state index contributed by atoms with van der Waals surface area (Å²) in [6.07, 6.45) is -9.52. The molecule has 0 aromatic heterocycles. The van der Waals surface area contributed by atoms with Crippen LogP contribution in [0.1, 0.15) is 23.6 Å². The Kier molecular flexibility index (Phi) is 3.71. The number of rotatable bonds is 1. The Bertz CT molecular complexity index is 418. The number of halogens is 6. The van der Waals surface area contributed by atoms with Gasteiger partial charge in [-0.2, -0.15) is 26.3 Å². The molecule has 1 aromatic rings. The van der Waals surface area contributed by atoms with Gasteiger partial charge in [-0.05, 0) is 24.1 Å². The van der Waals surface area contributed by atoms with E-state index in [1.165, 1.54) is 6.92 Å². The average Bonchev–Trinajstić information content (AvgIpc) is 2.12. The highest BCUT2D eigenvalue weighted by Crippen LogP contribution is 2.40. The molecular formula is C10H8F6S. The zero-order valence-corrected chi connectivity index (χ0v) is 9.47. The van der Waals surface area contributed by atoms with E-state index in [1.54, 1.807) is 0 Å². The number of hydrogen-bond acceptors (Lipinski definition) is 1. The largest absolute Gasteiger partial charge is 0.417 e. The third-order valence-corrected chi connectivity index (χ3v) is 2.54. The molecule has 0 saturated carbocycles. The molecule has 0 fully saturated rings. The molecule has 1 aromatic carbocycles. The lowest BCUT2D eigenvalue weighted by atomic mass is 10.0. The second kappa shape index (κ2) is 4.44. The van der Waals surface area contributed by atoms with Crippen molar-refractivity contribution in [2.45, 2.75) is 30.6 Å². The number of aryl methyl sites for hydroxylation is 1. The molecule has 0 heterocycles. The van der Waals surface area contributed by atoms with Crippen LogP contribution in [-0.4, -0.2) is 0 Å². The van der Waals surface area contributed by atoms with Crippen LogP contribution in [0.5, 0.6) is 0 Å². The summed E-state index contributed by atoms with van der Waals surface area (Å²) in [6, 6.07) is 0.910. The van der Waals surface area contributed by atoms with Gasteiger partial charge in [0.25, 0.3) is 0 Å². The van der Waals surface area contributed by atoms with Gasteiger partial charge in [0.05, 0.1) is 11.1 Å². The van der Waals surface area contributed by atoms with Crippen molar-refractivity contribution in [1.82, 2.24) is 0 Å².